The van der Waals surface area contributed by atoms with Gasteiger partial charge in [-0.3, -0.25) is 0 Å². The smallest absolute Gasteiger partial charge is 0.335 e. The largest absolute Gasteiger partial charge is 0.478 e. The van der Waals surface area contributed by atoms with Gasteiger partial charge in [-0.2, -0.15) is 5.26 Å². The van der Waals surface area contributed by atoms with E-state index >= 15 is 0 Å². The van der Waals surface area contributed by atoms with Gasteiger partial charge in [-0.15, -0.1) is 0 Å². The minimum absolute atomic E-state index is 0.258. The fraction of sp³-hybridized carbons (Fsp3) is 0.0667. The maximum absolute atomic E-state index is 10.8. The van der Waals surface area contributed by atoms with Crippen LogP contribution in [0.25, 0.3) is 0 Å². The first-order chi connectivity index (χ1) is 9.10. The Morgan fingerprint density at radius 2 is 1.89 bits per heavy atom. The maximum atomic E-state index is 10.8. The first-order valence-corrected chi connectivity index (χ1v) is 6.44. The van der Waals surface area contributed by atoms with Gasteiger partial charge in [-0.05, 0) is 48.9 Å². The van der Waals surface area contributed by atoms with Crippen LogP contribution < -0.4 is 0 Å². The Balaban J connectivity index is 2.26. The van der Waals surface area contributed by atoms with Gasteiger partial charge in [0.1, 0.15) is 6.07 Å². The Morgan fingerprint density at radius 1 is 1.21 bits per heavy atom. The molecule has 0 bridgehead atoms. The van der Waals surface area contributed by atoms with Gasteiger partial charge >= 0.3 is 5.97 Å². The minimum Gasteiger partial charge on any atom is -0.478 e. The SMILES string of the molecule is Cc1ccc(Sc2ccc(C(=O)O)cc2)c(C#N)c1. The molecule has 94 valence electrons. The first kappa shape index (κ1) is 13.2. The lowest BCUT2D eigenvalue weighted by Crippen LogP contribution is -1.94. The third-order valence-corrected chi connectivity index (χ3v) is 3.67. The second-order valence-corrected chi connectivity index (χ2v) is 5.16. The van der Waals surface area contributed by atoms with Crippen LogP contribution in [-0.2, 0) is 0 Å². The van der Waals surface area contributed by atoms with Crippen molar-refractivity contribution in [3.8, 4) is 6.07 Å². The molecule has 0 fully saturated rings. The molecule has 0 spiro atoms. The van der Waals surface area contributed by atoms with Gasteiger partial charge < -0.3 is 5.11 Å². The molecule has 4 heteroatoms. The number of aryl methyl sites for hydroxylation is 1. The average molecular weight is 269 g/mol. The molecule has 0 heterocycles. The number of carboxylic acid groups (broad SMARTS) is 1. The number of nitriles is 1. The molecular formula is C15H11NO2S. The van der Waals surface area contributed by atoms with Crippen molar-refractivity contribution in [2.24, 2.45) is 0 Å². The van der Waals surface area contributed by atoms with Crippen molar-refractivity contribution in [3.05, 3.63) is 59.2 Å². The van der Waals surface area contributed by atoms with Gasteiger partial charge in [-0.25, -0.2) is 4.79 Å². The fourth-order valence-electron chi connectivity index (χ4n) is 1.61. The van der Waals surface area contributed by atoms with Crippen LogP contribution in [-0.4, -0.2) is 11.1 Å². The van der Waals surface area contributed by atoms with Crippen LogP contribution in [0.2, 0.25) is 0 Å². The molecule has 0 radical (unpaired) electrons. The number of nitrogens with zero attached hydrogens (tertiary/aromatic N) is 1. The number of hydrogen-bond acceptors (Lipinski definition) is 3. The van der Waals surface area contributed by atoms with Crippen LogP contribution >= 0.6 is 11.8 Å². The topological polar surface area (TPSA) is 61.1 Å². The van der Waals surface area contributed by atoms with Crippen LogP contribution in [0.3, 0.4) is 0 Å². The van der Waals surface area contributed by atoms with Gasteiger partial charge in [0.05, 0.1) is 11.1 Å². The second-order valence-electron chi connectivity index (χ2n) is 4.04. The van der Waals surface area contributed by atoms with E-state index in [1.807, 2.05) is 25.1 Å². The minimum atomic E-state index is -0.940. The Kier molecular flexibility index (Phi) is 3.88. The first-order valence-electron chi connectivity index (χ1n) is 5.62. The van der Waals surface area contributed by atoms with Crippen LogP contribution in [0.5, 0.6) is 0 Å². The fourth-order valence-corrected chi connectivity index (χ4v) is 2.49. The molecule has 0 aliphatic rings. The van der Waals surface area contributed by atoms with Gasteiger partial charge in [0.25, 0.3) is 0 Å². The van der Waals surface area contributed by atoms with Crippen LogP contribution in [0.1, 0.15) is 21.5 Å². The third-order valence-electron chi connectivity index (χ3n) is 2.58. The lowest BCUT2D eigenvalue weighted by Gasteiger charge is -2.05. The van der Waals surface area contributed by atoms with E-state index in [1.165, 1.54) is 11.8 Å². The maximum Gasteiger partial charge on any atom is 0.335 e. The van der Waals surface area contributed by atoms with Crippen molar-refractivity contribution in [3.63, 3.8) is 0 Å². The molecule has 19 heavy (non-hydrogen) atoms. The molecule has 3 nitrogen and oxygen atoms in total. The van der Waals surface area contributed by atoms with E-state index in [0.29, 0.717) is 5.56 Å². The van der Waals surface area contributed by atoms with Crippen molar-refractivity contribution in [1.82, 2.24) is 0 Å². The van der Waals surface area contributed by atoms with Gasteiger partial charge in [0.15, 0.2) is 0 Å². The molecule has 2 aromatic carbocycles. The molecule has 0 aliphatic carbocycles. The van der Waals surface area contributed by atoms with E-state index in [0.717, 1.165) is 15.4 Å². The van der Waals surface area contributed by atoms with Crippen LogP contribution in [0.4, 0.5) is 0 Å². The Bertz CT molecular complexity index is 657. The number of carbonyl (C=O) groups is 1. The highest BCUT2D eigenvalue weighted by atomic mass is 32.2. The summed E-state index contributed by atoms with van der Waals surface area (Å²) in [6, 6.07) is 14.5. The standard InChI is InChI=1S/C15H11NO2S/c1-10-2-7-14(12(8-10)9-16)19-13-5-3-11(4-6-13)15(17)18/h2-8H,1H3,(H,17,18). The summed E-state index contributed by atoms with van der Waals surface area (Å²) in [6.07, 6.45) is 0. The zero-order valence-corrected chi connectivity index (χ0v) is 11.1. The molecule has 2 rings (SSSR count). The van der Waals surface area contributed by atoms with E-state index in [-0.39, 0.29) is 5.56 Å². The number of aromatic carboxylic acids is 1. The van der Waals surface area contributed by atoms with E-state index in [4.69, 9.17) is 10.4 Å². The number of hydrogen-bond donors (Lipinski definition) is 1. The lowest BCUT2D eigenvalue weighted by molar-refractivity contribution is 0.0697. The van der Waals surface area contributed by atoms with E-state index < -0.39 is 5.97 Å². The normalized spacial score (nSPS) is 9.89. The Morgan fingerprint density at radius 3 is 2.47 bits per heavy atom. The Labute approximate surface area is 115 Å². The number of benzene rings is 2. The molecule has 2 aromatic rings. The summed E-state index contributed by atoms with van der Waals surface area (Å²) in [6.45, 7) is 1.94. The summed E-state index contributed by atoms with van der Waals surface area (Å²) in [5, 5.41) is 17.9. The van der Waals surface area contributed by atoms with Crippen LogP contribution in [0, 0.1) is 18.3 Å². The molecule has 0 saturated carbocycles. The van der Waals surface area contributed by atoms with Crippen molar-refractivity contribution in [1.29, 1.82) is 5.26 Å². The van der Waals surface area contributed by atoms with Crippen molar-refractivity contribution in [2.75, 3.05) is 0 Å². The molecule has 0 amide bonds. The Hall–Kier alpha value is -2.25. The van der Waals surface area contributed by atoms with E-state index in [9.17, 15) is 4.79 Å². The molecule has 0 atom stereocenters. The van der Waals surface area contributed by atoms with Gasteiger partial charge in [-0.1, -0.05) is 17.8 Å². The van der Waals surface area contributed by atoms with E-state index in [2.05, 4.69) is 6.07 Å². The zero-order valence-electron chi connectivity index (χ0n) is 10.3. The summed E-state index contributed by atoms with van der Waals surface area (Å²) in [5.41, 5.74) is 1.93. The lowest BCUT2D eigenvalue weighted by atomic mass is 10.2. The summed E-state index contributed by atoms with van der Waals surface area (Å²) < 4.78 is 0. The monoisotopic (exact) mass is 269 g/mol. The predicted molar refractivity (Wildman–Crippen MR) is 73.4 cm³/mol. The van der Waals surface area contributed by atoms with Gasteiger partial charge in [0, 0.05) is 9.79 Å². The van der Waals surface area contributed by atoms with Gasteiger partial charge in [0.2, 0.25) is 0 Å². The summed E-state index contributed by atoms with van der Waals surface area (Å²) in [4.78, 5) is 12.5. The summed E-state index contributed by atoms with van der Waals surface area (Å²) in [7, 11) is 0. The quantitative estimate of drug-likeness (QED) is 0.922. The van der Waals surface area contributed by atoms with Crippen molar-refractivity contribution in [2.45, 2.75) is 16.7 Å². The van der Waals surface area contributed by atoms with Crippen molar-refractivity contribution < 1.29 is 9.90 Å². The molecular weight excluding hydrogens is 258 g/mol. The zero-order chi connectivity index (χ0) is 13.8. The summed E-state index contributed by atoms with van der Waals surface area (Å²) >= 11 is 1.45. The second kappa shape index (κ2) is 5.59. The van der Waals surface area contributed by atoms with Crippen molar-refractivity contribution >= 4 is 17.7 Å². The molecule has 0 saturated heterocycles. The molecule has 0 unspecified atom stereocenters. The average Bonchev–Trinajstić information content (AvgIpc) is 2.41. The number of rotatable bonds is 3. The highest BCUT2D eigenvalue weighted by molar-refractivity contribution is 7.99. The number of carboxylic acids is 1. The summed E-state index contributed by atoms with van der Waals surface area (Å²) in [5.74, 6) is -0.940. The third kappa shape index (κ3) is 3.15. The molecule has 1 N–H and O–H groups in total. The van der Waals surface area contributed by atoms with Crippen LogP contribution in [0.15, 0.2) is 52.3 Å². The highest BCUT2D eigenvalue weighted by Crippen LogP contribution is 2.30. The highest BCUT2D eigenvalue weighted by Gasteiger charge is 2.06. The molecule has 0 aliphatic heterocycles. The van der Waals surface area contributed by atoms with E-state index in [1.54, 1.807) is 24.3 Å². The predicted octanol–water partition coefficient (Wildman–Crippen LogP) is 3.72. The molecule has 0 aromatic heterocycles.